The molecule has 0 radical (unpaired) electrons. The molecule has 1 saturated heterocycles. The molecule has 0 aliphatic carbocycles. The number of fused-ring (bicyclic) bond motifs is 1. The zero-order valence-corrected chi connectivity index (χ0v) is 10.5. The number of aromatic amines is 1. The Kier molecular flexibility index (Phi) is 2.88. The molecule has 3 heterocycles. The van der Waals surface area contributed by atoms with Gasteiger partial charge in [-0.15, -0.1) is 0 Å². The third-order valence-electron chi connectivity index (χ3n) is 3.79. The van der Waals surface area contributed by atoms with Crippen molar-refractivity contribution < 1.29 is 0 Å². The molecule has 0 atom stereocenters. The number of nitrogens with one attached hydrogen (secondary N) is 1. The van der Waals surface area contributed by atoms with E-state index in [1.807, 2.05) is 12.1 Å². The highest BCUT2D eigenvalue weighted by Crippen LogP contribution is 2.26. The van der Waals surface area contributed by atoms with Crippen LogP contribution in [0.15, 0.2) is 29.2 Å². The maximum atomic E-state index is 12.0. The maximum absolute atomic E-state index is 12.0. The molecule has 1 fully saturated rings. The second-order valence-electron chi connectivity index (χ2n) is 5.07. The number of rotatable bonds is 1. The third kappa shape index (κ3) is 2.04. The van der Waals surface area contributed by atoms with Gasteiger partial charge in [-0.3, -0.25) is 9.78 Å². The summed E-state index contributed by atoms with van der Waals surface area (Å²) in [6.45, 7) is 2.18. The minimum absolute atomic E-state index is 0.0190. The Balaban J connectivity index is 2.00. The number of hydrogen-bond donors (Lipinski definition) is 1. The van der Waals surface area contributed by atoms with Gasteiger partial charge in [0, 0.05) is 17.8 Å². The Morgan fingerprint density at radius 1 is 1.39 bits per heavy atom. The van der Waals surface area contributed by atoms with Gasteiger partial charge in [-0.1, -0.05) is 0 Å². The van der Waals surface area contributed by atoms with Crippen molar-refractivity contribution in [1.29, 1.82) is 0 Å². The van der Waals surface area contributed by atoms with Crippen molar-refractivity contribution in [3.63, 3.8) is 0 Å². The quantitative estimate of drug-likeness (QED) is 0.830. The van der Waals surface area contributed by atoms with Crippen LogP contribution in [0.5, 0.6) is 0 Å². The molecule has 3 rings (SSSR count). The first-order valence-corrected chi connectivity index (χ1v) is 6.40. The van der Waals surface area contributed by atoms with Crippen LogP contribution in [0.4, 0.5) is 0 Å². The van der Waals surface area contributed by atoms with Crippen molar-refractivity contribution in [2.75, 3.05) is 20.1 Å². The lowest BCUT2D eigenvalue weighted by molar-refractivity contribution is 0.253. The van der Waals surface area contributed by atoms with E-state index in [1.165, 1.54) is 0 Å². The summed E-state index contributed by atoms with van der Waals surface area (Å²) >= 11 is 0. The lowest BCUT2D eigenvalue weighted by atomic mass is 9.93. The van der Waals surface area contributed by atoms with Gasteiger partial charge in [0.1, 0.15) is 0 Å². The van der Waals surface area contributed by atoms with Crippen molar-refractivity contribution >= 4 is 10.9 Å². The molecule has 94 valence electrons. The van der Waals surface area contributed by atoms with Gasteiger partial charge in [-0.05, 0) is 51.2 Å². The Labute approximate surface area is 106 Å². The molecule has 1 aliphatic rings. The van der Waals surface area contributed by atoms with Gasteiger partial charge in [-0.25, -0.2) is 0 Å². The van der Waals surface area contributed by atoms with Crippen LogP contribution in [0.25, 0.3) is 10.9 Å². The summed E-state index contributed by atoms with van der Waals surface area (Å²) in [5.74, 6) is 0.459. The van der Waals surface area contributed by atoms with E-state index >= 15 is 0 Å². The van der Waals surface area contributed by atoms with Crippen LogP contribution in [0.1, 0.15) is 24.5 Å². The van der Waals surface area contributed by atoms with Crippen LogP contribution in [0.2, 0.25) is 0 Å². The number of nitrogens with zero attached hydrogens (tertiary/aromatic N) is 2. The molecule has 0 saturated carbocycles. The number of aromatic nitrogens is 2. The molecule has 0 amide bonds. The van der Waals surface area contributed by atoms with Gasteiger partial charge in [-0.2, -0.15) is 0 Å². The Bertz CT molecular complexity index is 612. The average molecular weight is 243 g/mol. The summed E-state index contributed by atoms with van der Waals surface area (Å²) in [7, 11) is 2.14. The summed E-state index contributed by atoms with van der Waals surface area (Å²) in [6, 6.07) is 5.65. The number of H-pyrrole nitrogens is 1. The zero-order valence-electron chi connectivity index (χ0n) is 10.5. The Morgan fingerprint density at radius 2 is 2.17 bits per heavy atom. The lowest BCUT2D eigenvalue weighted by Gasteiger charge is -2.28. The van der Waals surface area contributed by atoms with E-state index in [1.54, 1.807) is 12.3 Å². The Hall–Kier alpha value is -1.68. The van der Waals surface area contributed by atoms with E-state index in [-0.39, 0.29) is 5.56 Å². The second kappa shape index (κ2) is 4.53. The zero-order chi connectivity index (χ0) is 12.5. The number of hydrogen-bond acceptors (Lipinski definition) is 3. The van der Waals surface area contributed by atoms with Crippen LogP contribution < -0.4 is 5.56 Å². The SMILES string of the molecule is CN1CCC(c2cc3ncccc3c(=O)[nH]2)CC1. The average Bonchev–Trinajstić information content (AvgIpc) is 2.39. The minimum Gasteiger partial charge on any atom is -0.325 e. The predicted octanol–water partition coefficient (Wildman–Crippen LogP) is 1.73. The minimum atomic E-state index is -0.0190. The van der Waals surface area contributed by atoms with E-state index in [0.717, 1.165) is 37.1 Å². The largest absolute Gasteiger partial charge is 0.325 e. The van der Waals surface area contributed by atoms with Crippen molar-refractivity contribution in [3.8, 4) is 0 Å². The topological polar surface area (TPSA) is 49.0 Å². The maximum Gasteiger partial charge on any atom is 0.257 e. The van der Waals surface area contributed by atoms with Gasteiger partial charge in [0.15, 0.2) is 0 Å². The fourth-order valence-electron chi connectivity index (χ4n) is 2.65. The number of piperidine rings is 1. The summed E-state index contributed by atoms with van der Waals surface area (Å²) < 4.78 is 0. The normalized spacial score (nSPS) is 18.3. The molecule has 2 aromatic heterocycles. The lowest BCUT2D eigenvalue weighted by Crippen LogP contribution is -2.30. The van der Waals surface area contributed by atoms with Crippen LogP contribution >= 0.6 is 0 Å². The molecule has 0 aromatic carbocycles. The molecule has 4 heteroatoms. The molecule has 0 unspecified atom stereocenters. The molecule has 18 heavy (non-hydrogen) atoms. The Morgan fingerprint density at radius 3 is 2.94 bits per heavy atom. The molecule has 2 aromatic rings. The molecule has 1 aliphatic heterocycles. The summed E-state index contributed by atoms with van der Waals surface area (Å²) in [6.07, 6.45) is 3.94. The number of pyridine rings is 2. The molecule has 0 spiro atoms. The van der Waals surface area contributed by atoms with Crippen molar-refractivity contribution in [2.24, 2.45) is 0 Å². The van der Waals surface area contributed by atoms with E-state index in [0.29, 0.717) is 11.3 Å². The summed E-state index contributed by atoms with van der Waals surface area (Å²) in [4.78, 5) is 21.6. The second-order valence-corrected chi connectivity index (χ2v) is 5.07. The van der Waals surface area contributed by atoms with Crippen LogP contribution in [0.3, 0.4) is 0 Å². The van der Waals surface area contributed by atoms with E-state index < -0.39 is 0 Å². The first-order chi connectivity index (χ1) is 8.74. The monoisotopic (exact) mass is 243 g/mol. The van der Waals surface area contributed by atoms with Crippen molar-refractivity contribution in [1.82, 2.24) is 14.9 Å². The highest BCUT2D eigenvalue weighted by molar-refractivity contribution is 5.77. The smallest absolute Gasteiger partial charge is 0.257 e. The number of likely N-dealkylation sites (tertiary alicyclic amines) is 1. The fraction of sp³-hybridized carbons (Fsp3) is 0.429. The van der Waals surface area contributed by atoms with Gasteiger partial charge in [0.2, 0.25) is 0 Å². The molecule has 4 nitrogen and oxygen atoms in total. The van der Waals surface area contributed by atoms with Gasteiger partial charge >= 0.3 is 0 Å². The first-order valence-electron chi connectivity index (χ1n) is 6.40. The van der Waals surface area contributed by atoms with Gasteiger partial charge < -0.3 is 9.88 Å². The highest BCUT2D eigenvalue weighted by atomic mass is 16.1. The van der Waals surface area contributed by atoms with Crippen LogP contribution in [-0.4, -0.2) is 35.0 Å². The van der Waals surface area contributed by atoms with Crippen LogP contribution in [0, 0.1) is 0 Å². The van der Waals surface area contributed by atoms with E-state index in [4.69, 9.17) is 0 Å². The van der Waals surface area contributed by atoms with Gasteiger partial charge in [0.05, 0.1) is 10.9 Å². The van der Waals surface area contributed by atoms with E-state index in [9.17, 15) is 4.79 Å². The van der Waals surface area contributed by atoms with Gasteiger partial charge in [0.25, 0.3) is 5.56 Å². The molecule has 0 bridgehead atoms. The molecular formula is C14H17N3O. The standard InChI is InChI=1S/C14H17N3O/c1-17-7-4-10(5-8-17)12-9-13-11(14(18)16-12)3-2-6-15-13/h2-3,6,9-10H,4-5,7-8H2,1H3,(H,16,18). The summed E-state index contributed by atoms with van der Waals surface area (Å²) in [5, 5.41) is 0.675. The van der Waals surface area contributed by atoms with E-state index in [2.05, 4.69) is 21.9 Å². The fourth-order valence-corrected chi connectivity index (χ4v) is 2.65. The van der Waals surface area contributed by atoms with Crippen molar-refractivity contribution in [3.05, 3.63) is 40.4 Å². The first kappa shape index (κ1) is 11.4. The molecular weight excluding hydrogens is 226 g/mol. The highest BCUT2D eigenvalue weighted by Gasteiger charge is 2.19. The van der Waals surface area contributed by atoms with Crippen LogP contribution in [-0.2, 0) is 0 Å². The summed E-state index contributed by atoms with van der Waals surface area (Å²) in [5.41, 5.74) is 1.82. The third-order valence-corrected chi connectivity index (χ3v) is 3.79. The predicted molar refractivity (Wildman–Crippen MR) is 71.8 cm³/mol. The molecule has 1 N–H and O–H groups in total. The van der Waals surface area contributed by atoms with Crippen molar-refractivity contribution in [2.45, 2.75) is 18.8 Å².